The molecule has 0 saturated heterocycles. The fourth-order valence-electron chi connectivity index (χ4n) is 1.21. The van der Waals surface area contributed by atoms with Gasteiger partial charge in [-0.2, -0.15) is 0 Å². The van der Waals surface area contributed by atoms with Crippen molar-refractivity contribution in [2.75, 3.05) is 5.32 Å². The first-order chi connectivity index (χ1) is 6.79. The number of rotatable bonds is 3. The van der Waals surface area contributed by atoms with Crippen LogP contribution in [-0.2, 0) is 9.59 Å². The zero-order chi connectivity index (χ0) is 9.97. The van der Waals surface area contributed by atoms with Gasteiger partial charge in [0, 0.05) is 17.2 Å². The Bertz CT molecular complexity index is 352. The molecular formula is C11H10NO2. The van der Waals surface area contributed by atoms with Crippen molar-refractivity contribution in [2.45, 2.75) is 12.8 Å². The van der Waals surface area contributed by atoms with E-state index in [1.165, 1.54) is 0 Å². The van der Waals surface area contributed by atoms with Crippen LogP contribution < -0.4 is 5.32 Å². The van der Waals surface area contributed by atoms with E-state index in [4.69, 9.17) is 0 Å². The van der Waals surface area contributed by atoms with Gasteiger partial charge in [0.15, 0.2) is 0 Å². The van der Waals surface area contributed by atoms with E-state index in [9.17, 15) is 9.59 Å². The van der Waals surface area contributed by atoms with Crippen molar-refractivity contribution < 1.29 is 9.59 Å². The first kappa shape index (κ1) is 8.94. The lowest BCUT2D eigenvalue weighted by molar-refractivity contribution is -0.117. The number of hydrogen-bond acceptors (Lipinski definition) is 2. The highest BCUT2D eigenvalue weighted by Gasteiger charge is 2.29. The number of benzene rings is 1. The second-order valence-electron chi connectivity index (χ2n) is 3.44. The van der Waals surface area contributed by atoms with Crippen molar-refractivity contribution in [2.24, 2.45) is 5.92 Å². The SMILES string of the molecule is O=[C]c1ccc(NC(=O)C2CC2)cc1. The maximum absolute atomic E-state index is 11.3. The van der Waals surface area contributed by atoms with Crippen LogP contribution in [0.3, 0.4) is 0 Å². The second-order valence-corrected chi connectivity index (χ2v) is 3.44. The van der Waals surface area contributed by atoms with E-state index in [-0.39, 0.29) is 11.8 Å². The van der Waals surface area contributed by atoms with Crippen molar-refractivity contribution >= 4 is 17.9 Å². The second kappa shape index (κ2) is 3.62. The minimum absolute atomic E-state index is 0.0767. The van der Waals surface area contributed by atoms with Gasteiger partial charge in [0.05, 0.1) is 0 Å². The first-order valence-electron chi connectivity index (χ1n) is 4.58. The summed E-state index contributed by atoms with van der Waals surface area (Å²) in [6.45, 7) is 0. The lowest BCUT2D eigenvalue weighted by atomic mass is 10.2. The van der Waals surface area contributed by atoms with Crippen molar-refractivity contribution in [1.29, 1.82) is 0 Å². The van der Waals surface area contributed by atoms with Crippen molar-refractivity contribution in [1.82, 2.24) is 0 Å². The fourth-order valence-corrected chi connectivity index (χ4v) is 1.21. The molecule has 1 aromatic carbocycles. The number of nitrogens with one attached hydrogen (secondary N) is 1. The van der Waals surface area contributed by atoms with Crippen LogP contribution in [-0.4, -0.2) is 12.2 Å². The van der Waals surface area contributed by atoms with Gasteiger partial charge in [-0.1, -0.05) is 0 Å². The Labute approximate surface area is 82.1 Å². The monoisotopic (exact) mass is 188 g/mol. The van der Waals surface area contributed by atoms with Crippen LogP contribution in [0.5, 0.6) is 0 Å². The number of amides is 1. The lowest BCUT2D eigenvalue weighted by Crippen LogP contribution is -2.13. The molecule has 1 aliphatic rings. The highest BCUT2D eigenvalue weighted by Crippen LogP contribution is 2.30. The number of carbonyl (C=O) groups is 1. The number of carbonyl (C=O) groups excluding carboxylic acids is 2. The van der Waals surface area contributed by atoms with Crippen molar-refractivity contribution in [3.8, 4) is 0 Å². The van der Waals surface area contributed by atoms with Gasteiger partial charge in [-0.3, -0.25) is 9.59 Å². The lowest BCUT2D eigenvalue weighted by Gasteiger charge is -2.03. The highest BCUT2D eigenvalue weighted by atomic mass is 16.2. The van der Waals surface area contributed by atoms with Gasteiger partial charge in [-0.15, -0.1) is 0 Å². The largest absolute Gasteiger partial charge is 0.326 e. The first-order valence-corrected chi connectivity index (χ1v) is 4.58. The topological polar surface area (TPSA) is 46.2 Å². The van der Waals surface area contributed by atoms with Crippen LogP contribution in [0, 0.1) is 5.92 Å². The van der Waals surface area contributed by atoms with Gasteiger partial charge in [0.25, 0.3) is 0 Å². The molecule has 3 heteroatoms. The molecule has 2 rings (SSSR count). The molecule has 0 aliphatic heterocycles. The maximum atomic E-state index is 11.3. The minimum Gasteiger partial charge on any atom is -0.326 e. The standard InChI is InChI=1S/C11H10NO2/c13-7-8-1-5-10(6-2-8)12-11(14)9-3-4-9/h1-2,5-6,9H,3-4H2,(H,12,14). The molecule has 71 valence electrons. The summed E-state index contributed by atoms with van der Waals surface area (Å²) < 4.78 is 0. The number of anilines is 1. The van der Waals surface area contributed by atoms with Crippen LogP contribution in [0.4, 0.5) is 5.69 Å². The molecule has 0 bridgehead atoms. The van der Waals surface area contributed by atoms with E-state index in [1.54, 1.807) is 30.6 Å². The Morgan fingerprint density at radius 1 is 1.29 bits per heavy atom. The summed E-state index contributed by atoms with van der Waals surface area (Å²) in [5, 5.41) is 2.79. The van der Waals surface area contributed by atoms with Gasteiger partial charge in [0.1, 0.15) is 0 Å². The molecule has 0 heterocycles. The Balaban J connectivity index is 2.01. The smallest absolute Gasteiger partial charge is 0.233 e. The third-order valence-electron chi connectivity index (χ3n) is 2.22. The zero-order valence-electron chi connectivity index (χ0n) is 7.62. The normalized spacial score (nSPS) is 14.9. The Hall–Kier alpha value is -1.64. The fraction of sp³-hybridized carbons (Fsp3) is 0.273. The van der Waals surface area contributed by atoms with Crippen LogP contribution >= 0.6 is 0 Å². The molecule has 1 fully saturated rings. The summed E-state index contributed by atoms with van der Waals surface area (Å²) in [6.07, 6.45) is 3.76. The molecule has 14 heavy (non-hydrogen) atoms. The molecule has 0 unspecified atom stereocenters. The van der Waals surface area contributed by atoms with E-state index < -0.39 is 0 Å². The van der Waals surface area contributed by atoms with Crippen molar-refractivity contribution in [3.05, 3.63) is 29.8 Å². The summed E-state index contributed by atoms with van der Waals surface area (Å²) in [5.74, 6) is 0.278. The highest BCUT2D eigenvalue weighted by molar-refractivity contribution is 5.94. The van der Waals surface area contributed by atoms with Crippen LogP contribution in [0.2, 0.25) is 0 Å². The van der Waals surface area contributed by atoms with Gasteiger partial charge >= 0.3 is 0 Å². The van der Waals surface area contributed by atoms with Crippen molar-refractivity contribution in [3.63, 3.8) is 0 Å². The third kappa shape index (κ3) is 1.99. The molecule has 3 nitrogen and oxygen atoms in total. The molecule has 1 amide bonds. The Kier molecular flexibility index (Phi) is 2.31. The summed E-state index contributed by atoms with van der Waals surface area (Å²) in [7, 11) is 0. The van der Waals surface area contributed by atoms with E-state index in [1.807, 2.05) is 0 Å². The summed E-state index contributed by atoms with van der Waals surface area (Å²) >= 11 is 0. The van der Waals surface area contributed by atoms with Gasteiger partial charge in [-0.25, -0.2) is 0 Å². The van der Waals surface area contributed by atoms with Crippen LogP contribution in [0.1, 0.15) is 18.4 Å². The Morgan fingerprint density at radius 3 is 2.43 bits per heavy atom. The van der Waals surface area contributed by atoms with Gasteiger partial charge in [0.2, 0.25) is 12.2 Å². The summed E-state index contributed by atoms with van der Waals surface area (Å²) in [4.78, 5) is 21.6. The summed E-state index contributed by atoms with van der Waals surface area (Å²) in [6, 6.07) is 6.69. The van der Waals surface area contributed by atoms with E-state index in [2.05, 4.69) is 5.32 Å². The molecule has 0 spiro atoms. The maximum Gasteiger partial charge on any atom is 0.233 e. The average Bonchev–Trinajstić information content (AvgIpc) is 3.02. The zero-order valence-corrected chi connectivity index (χ0v) is 7.62. The molecule has 1 aliphatic carbocycles. The predicted octanol–water partition coefficient (Wildman–Crippen LogP) is 1.49. The third-order valence-corrected chi connectivity index (χ3v) is 2.22. The summed E-state index contributed by atoms with van der Waals surface area (Å²) in [5.41, 5.74) is 1.23. The van der Waals surface area contributed by atoms with Gasteiger partial charge < -0.3 is 5.32 Å². The average molecular weight is 188 g/mol. The Morgan fingerprint density at radius 2 is 1.93 bits per heavy atom. The van der Waals surface area contributed by atoms with E-state index in [0.717, 1.165) is 18.5 Å². The minimum atomic E-state index is 0.0767. The van der Waals surface area contributed by atoms with Crippen LogP contribution in [0.25, 0.3) is 0 Å². The van der Waals surface area contributed by atoms with E-state index >= 15 is 0 Å². The molecular weight excluding hydrogens is 178 g/mol. The quantitative estimate of drug-likeness (QED) is 0.781. The molecule has 1 radical (unpaired) electrons. The van der Waals surface area contributed by atoms with E-state index in [0.29, 0.717) is 5.56 Å². The molecule has 1 N–H and O–H groups in total. The van der Waals surface area contributed by atoms with Gasteiger partial charge in [-0.05, 0) is 37.1 Å². The van der Waals surface area contributed by atoms with Crippen LogP contribution in [0.15, 0.2) is 24.3 Å². The molecule has 0 aromatic heterocycles. The predicted molar refractivity (Wildman–Crippen MR) is 52.6 cm³/mol. The molecule has 1 saturated carbocycles. The molecule has 0 atom stereocenters. The molecule has 1 aromatic rings. The number of hydrogen-bond donors (Lipinski definition) is 1.